The number of halogens is 1. The van der Waals surface area contributed by atoms with Gasteiger partial charge in [-0.05, 0) is 46.9 Å². The van der Waals surface area contributed by atoms with Crippen molar-refractivity contribution in [1.82, 2.24) is 0 Å². The van der Waals surface area contributed by atoms with Crippen LogP contribution in [0.4, 0.5) is 5.69 Å². The monoisotopic (exact) mass is 683 g/mol. The lowest BCUT2D eigenvalue weighted by Gasteiger charge is -2.51. The van der Waals surface area contributed by atoms with Crippen LogP contribution in [0.1, 0.15) is 129 Å². The van der Waals surface area contributed by atoms with E-state index < -0.39 is 22.1 Å². The number of amides is 2. The zero-order valence-electron chi connectivity index (χ0n) is 27.0. The first-order valence-electron chi connectivity index (χ1n) is 17.5. The number of carbonyl (C=O) groups excluding carboxylic acids is 3. The van der Waals surface area contributed by atoms with Crippen molar-refractivity contribution in [2.24, 2.45) is 11.8 Å². The summed E-state index contributed by atoms with van der Waals surface area (Å²) in [7, 11) is 0. The van der Waals surface area contributed by atoms with Crippen molar-refractivity contribution < 1.29 is 19.1 Å². The van der Waals surface area contributed by atoms with Gasteiger partial charge >= 0.3 is 5.97 Å². The van der Waals surface area contributed by atoms with Crippen molar-refractivity contribution in [3.63, 3.8) is 0 Å². The van der Waals surface area contributed by atoms with Crippen molar-refractivity contribution in [3.05, 3.63) is 101 Å². The van der Waals surface area contributed by atoms with Crippen LogP contribution in [0, 0.1) is 11.8 Å². The van der Waals surface area contributed by atoms with E-state index in [1.807, 2.05) is 24.3 Å². The van der Waals surface area contributed by atoms with Crippen molar-refractivity contribution in [2.75, 3.05) is 11.5 Å². The van der Waals surface area contributed by atoms with E-state index in [-0.39, 0.29) is 17.7 Å². The van der Waals surface area contributed by atoms with Gasteiger partial charge in [0.2, 0.25) is 11.8 Å². The third-order valence-corrected chi connectivity index (χ3v) is 11.7. The van der Waals surface area contributed by atoms with Gasteiger partial charge in [0, 0.05) is 5.92 Å². The molecule has 0 aromatic heterocycles. The summed E-state index contributed by atoms with van der Waals surface area (Å²) in [5.41, 5.74) is 5.05. The molecule has 1 aliphatic heterocycles. The summed E-state index contributed by atoms with van der Waals surface area (Å²) in [5, 5.41) is 0. The third kappa shape index (κ3) is 6.10. The van der Waals surface area contributed by atoms with Crippen LogP contribution in [-0.2, 0) is 18.7 Å². The highest BCUT2D eigenvalue weighted by atomic mass is 79.9. The Labute approximate surface area is 282 Å². The summed E-state index contributed by atoms with van der Waals surface area (Å²) < 4.78 is 4.80. The average Bonchev–Trinajstić information content (AvgIpc) is 3.35. The number of esters is 1. The maximum absolute atomic E-state index is 14.2. The van der Waals surface area contributed by atoms with Gasteiger partial charge in [-0.3, -0.25) is 9.59 Å². The smallest absolute Gasteiger partial charge is 0.338 e. The summed E-state index contributed by atoms with van der Waals surface area (Å²) in [5.74, 6) is -2.19. The van der Waals surface area contributed by atoms with Gasteiger partial charge in [0.1, 0.15) is 0 Å². The van der Waals surface area contributed by atoms with E-state index in [4.69, 9.17) is 4.74 Å². The number of hydrogen-bond donors (Lipinski definition) is 0. The van der Waals surface area contributed by atoms with Gasteiger partial charge in [0.15, 0.2) is 0 Å². The Morgan fingerprint density at radius 2 is 1.26 bits per heavy atom. The number of benzene rings is 3. The first-order chi connectivity index (χ1) is 22.5. The largest absolute Gasteiger partial charge is 0.462 e. The minimum Gasteiger partial charge on any atom is -0.462 e. The van der Waals surface area contributed by atoms with Crippen LogP contribution in [0.25, 0.3) is 0 Å². The number of ether oxygens (including phenoxy) is 1. The predicted molar refractivity (Wildman–Crippen MR) is 186 cm³/mol. The molecule has 0 spiro atoms. The highest BCUT2D eigenvalue weighted by Gasteiger charge is 2.67. The Morgan fingerprint density at radius 3 is 1.85 bits per heavy atom. The van der Waals surface area contributed by atoms with Crippen LogP contribution in [-0.4, -0.2) is 24.4 Å². The summed E-state index contributed by atoms with van der Waals surface area (Å²) in [6.45, 7) is 2.63. The third-order valence-electron chi connectivity index (χ3n) is 10.3. The molecule has 5 nitrogen and oxygen atoms in total. The normalized spacial score (nSPS) is 22.5. The molecule has 3 aliphatic carbocycles. The van der Waals surface area contributed by atoms with Gasteiger partial charge in [0.25, 0.3) is 0 Å². The number of imide groups is 1. The molecule has 0 unspecified atom stereocenters. The van der Waals surface area contributed by atoms with Gasteiger partial charge < -0.3 is 4.74 Å². The molecule has 0 radical (unpaired) electrons. The number of alkyl halides is 1. The highest BCUT2D eigenvalue weighted by Crippen LogP contribution is 2.66. The lowest BCUT2D eigenvalue weighted by Crippen LogP contribution is -2.50. The van der Waals surface area contributed by atoms with E-state index in [2.05, 4.69) is 47.1 Å². The maximum atomic E-state index is 14.2. The molecule has 4 aliphatic rings. The zero-order valence-corrected chi connectivity index (χ0v) is 28.6. The second-order valence-electron chi connectivity index (χ2n) is 13.3. The summed E-state index contributed by atoms with van der Waals surface area (Å²) in [6, 6.07) is 23.1. The molecule has 46 heavy (non-hydrogen) atoms. The minimum absolute atomic E-state index is 0.202. The summed E-state index contributed by atoms with van der Waals surface area (Å²) in [6.07, 6.45) is 16.4. The van der Waals surface area contributed by atoms with Crippen LogP contribution in [0.15, 0.2) is 72.8 Å². The van der Waals surface area contributed by atoms with Crippen LogP contribution >= 0.6 is 15.9 Å². The maximum Gasteiger partial charge on any atom is 0.338 e. The van der Waals surface area contributed by atoms with Gasteiger partial charge in [-0.15, -0.1) is 0 Å². The van der Waals surface area contributed by atoms with Gasteiger partial charge in [-0.1, -0.05) is 155 Å². The molecule has 0 saturated carbocycles. The number of unbranched alkanes of at least 4 members (excludes halogenated alkanes) is 12. The molecule has 1 saturated heterocycles. The molecular formula is C40H46BrNO4. The Balaban J connectivity index is 1.03. The SMILES string of the molecule is CCCCCCCCCCCCCCCOC(=O)c1cccc(N2C(=O)[C@@H]3[C@@H](C2=O)C2c4ccccc4C3(Br)c3ccccc32)c1. The van der Waals surface area contributed by atoms with Gasteiger partial charge in [-0.2, -0.15) is 0 Å². The van der Waals surface area contributed by atoms with Crippen LogP contribution in [0.3, 0.4) is 0 Å². The summed E-state index contributed by atoms with van der Waals surface area (Å²) >= 11 is 4.04. The van der Waals surface area contributed by atoms with E-state index in [0.29, 0.717) is 17.9 Å². The quantitative estimate of drug-likeness (QED) is 0.0652. The lowest BCUT2D eigenvalue weighted by atomic mass is 9.55. The predicted octanol–water partition coefficient (Wildman–Crippen LogP) is 9.84. The van der Waals surface area contributed by atoms with E-state index in [1.54, 1.807) is 24.3 Å². The molecule has 3 aromatic rings. The van der Waals surface area contributed by atoms with Crippen molar-refractivity contribution in [1.29, 1.82) is 0 Å². The molecule has 7 rings (SSSR count). The number of hydrogen-bond acceptors (Lipinski definition) is 4. The van der Waals surface area contributed by atoms with Gasteiger partial charge in [-0.25, -0.2) is 9.69 Å². The topological polar surface area (TPSA) is 63.7 Å². The molecular weight excluding hydrogens is 638 g/mol. The van der Waals surface area contributed by atoms with Crippen LogP contribution < -0.4 is 4.90 Å². The van der Waals surface area contributed by atoms with Gasteiger partial charge in [0.05, 0.1) is 34.0 Å². The van der Waals surface area contributed by atoms with Crippen LogP contribution in [0.5, 0.6) is 0 Å². The molecule has 2 amide bonds. The molecule has 2 bridgehead atoms. The first-order valence-corrected chi connectivity index (χ1v) is 18.3. The second-order valence-corrected chi connectivity index (χ2v) is 14.6. The van der Waals surface area contributed by atoms with E-state index in [0.717, 1.165) is 41.5 Å². The fraction of sp³-hybridized carbons (Fsp3) is 0.475. The van der Waals surface area contributed by atoms with Crippen molar-refractivity contribution in [2.45, 2.75) is 101 Å². The van der Waals surface area contributed by atoms with Crippen molar-refractivity contribution >= 4 is 39.4 Å². The molecule has 2 atom stereocenters. The minimum atomic E-state index is -0.800. The number of nitrogens with zero attached hydrogens (tertiary/aromatic N) is 1. The van der Waals surface area contributed by atoms with Crippen LogP contribution in [0.2, 0.25) is 0 Å². The Bertz CT molecular complexity index is 1520. The van der Waals surface area contributed by atoms with Crippen molar-refractivity contribution in [3.8, 4) is 0 Å². The Kier molecular flexibility index (Phi) is 10.4. The van der Waals surface area contributed by atoms with E-state index >= 15 is 0 Å². The average molecular weight is 685 g/mol. The fourth-order valence-electron chi connectivity index (χ4n) is 8.07. The zero-order chi connectivity index (χ0) is 32.1. The fourth-order valence-corrected chi connectivity index (χ4v) is 9.28. The number of carbonyl (C=O) groups is 3. The second kappa shape index (κ2) is 14.7. The standard InChI is InChI=1S/C40H46BrNO4/c1-2-3-4-5-6-7-8-9-10-11-12-13-18-26-46-39(45)28-20-19-21-29(27-28)42-37(43)35-34-30-22-14-16-24-32(30)40(41,36(35)38(42)44)33-25-17-15-23-31(33)34/h14-17,19-25,27,34-36H,2-13,18,26H2,1H3/t34?,35-,36-,40?/m0/s1. The Morgan fingerprint density at radius 1 is 0.717 bits per heavy atom. The molecule has 0 N–H and O–H groups in total. The molecule has 6 heteroatoms. The van der Waals surface area contributed by atoms with E-state index in [9.17, 15) is 14.4 Å². The first kappa shape index (κ1) is 32.7. The summed E-state index contributed by atoms with van der Waals surface area (Å²) in [4.78, 5) is 42.7. The van der Waals surface area contributed by atoms with E-state index in [1.165, 1.54) is 69.1 Å². The molecule has 1 fully saturated rings. The lowest BCUT2D eigenvalue weighted by molar-refractivity contribution is -0.122. The number of rotatable bonds is 16. The molecule has 1 heterocycles. The number of anilines is 1. The molecule has 242 valence electrons. The highest BCUT2D eigenvalue weighted by molar-refractivity contribution is 9.09. The Hall–Kier alpha value is -3.25. The molecule has 3 aromatic carbocycles.